The third-order valence-corrected chi connectivity index (χ3v) is 5.86. The van der Waals surface area contributed by atoms with Gasteiger partial charge in [0.25, 0.3) is 0 Å². The zero-order chi connectivity index (χ0) is 12.6. The summed E-state index contributed by atoms with van der Waals surface area (Å²) in [5.74, 6) is 0.906. The maximum atomic E-state index is 4.06. The van der Waals surface area contributed by atoms with Gasteiger partial charge in [-0.25, -0.2) is 0 Å². The molecule has 2 N–H and O–H groups in total. The maximum Gasteiger partial charge on any atom is 0.0121 e. The van der Waals surface area contributed by atoms with Crippen molar-refractivity contribution < 1.29 is 0 Å². The van der Waals surface area contributed by atoms with Crippen LogP contribution in [0, 0.1) is 11.3 Å². The van der Waals surface area contributed by atoms with E-state index < -0.39 is 0 Å². The lowest BCUT2D eigenvalue weighted by Gasteiger charge is -2.34. The minimum atomic E-state index is 0.524. The number of hydrogen-bond donors (Lipinski definition) is 2. The molecular weight excluding hydrogens is 220 g/mol. The molecule has 0 radical (unpaired) electrons. The second-order valence-corrected chi connectivity index (χ2v) is 7.50. The summed E-state index contributed by atoms with van der Waals surface area (Å²) in [7, 11) is 0. The van der Waals surface area contributed by atoms with E-state index in [0.717, 1.165) is 24.0 Å². The highest BCUT2D eigenvalue weighted by Gasteiger charge is 2.40. The molecule has 0 amide bonds. The highest BCUT2D eigenvalue weighted by atomic mass is 15.0. The van der Waals surface area contributed by atoms with Gasteiger partial charge in [-0.3, -0.25) is 0 Å². The molecule has 2 saturated carbocycles. The van der Waals surface area contributed by atoms with E-state index in [4.69, 9.17) is 0 Å². The summed E-state index contributed by atoms with van der Waals surface area (Å²) in [6.07, 6.45) is 11.3. The molecule has 1 aliphatic heterocycles. The second kappa shape index (κ2) is 5.13. The molecular formula is C16H30N2. The van der Waals surface area contributed by atoms with Crippen LogP contribution in [-0.4, -0.2) is 24.7 Å². The van der Waals surface area contributed by atoms with Gasteiger partial charge in [0.1, 0.15) is 0 Å². The van der Waals surface area contributed by atoms with Crippen LogP contribution >= 0.6 is 0 Å². The van der Waals surface area contributed by atoms with Crippen LogP contribution in [0.4, 0.5) is 0 Å². The van der Waals surface area contributed by atoms with E-state index in [1.807, 2.05) is 0 Å². The molecule has 1 saturated heterocycles. The van der Waals surface area contributed by atoms with Crippen LogP contribution in [0.25, 0.3) is 0 Å². The van der Waals surface area contributed by atoms with Crippen molar-refractivity contribution in [3.05, 3.63) is 0 Å². The third kappa shape index (κ3) is 2.46. The van der Waals surface area contributed by atoms with Gasteiger partial charge in [0, 0.05) is 18.1 Å². The van der Waals surface area contributed by atoms with E-state index in [1.54, 1.807) is 0 Å². The summed E-state index contributed by atoms with van der Waals surface area (Å²) in [5.41, 5.74) is 0.524. The first-order valence-electron chi connectivity index (χ1n) is 8.16. The molecule has 18 heavy (non-hydrogen) atoms. The number of rotatable bonds is 3. The Morgan fingerprint density at radius 1 is 1.00 bits per heavy atom. The predicted molar refractivity (Wildman–Crippen MR) is 76.7 cm³/mol. The van der Waals surface area contributed by atoms with Crippen molar-refractivity contribution in [1.82, 2.24) is 10.6 Å². The maximum absolute atomic E-state index is 4.06. The predicted octanol–water partition coefficient (Wildman–Crippen LogP) is 3.08. The van der Waals surface area contributed by atoms with Crippen LogP contribution in [-0.2, 0) is 0 Å². The fourth-order valence-corrected chi connectivity index (χ4v) is 4.65. The van der Waals surface area contributed by atoms with Crippen molar-refractivity contribution in [2.24, 2.45) is 11.3 Å². The van der Waals surface area contributed by atoms with Crippen molar-refractivity contribution >= 4 is 0 Å². The van der Waals surface area contributed by atoms with Crippen molar-refractivity contribution in [2.45, 2.75) is 83.3 Å². The molecule has 0 aromatic carbocycles. The normalized spacial score (nSPS) is 43.7. The first-order valence-corrected chi connectivity index (χ1v) is 8.16. The fourth-order valence-electron chi connectivity index (χ4n) is 4.65. The van der Waals surface area contributed by atoms with Crippen LogP contribution in [0.15, 0.2) is 0 Å². The van der Waals surface area contributed by atoms with E-state index in [9.17, 15) is 0 Å². The van der Waals surface area contributed by atoms with Gasteiger partial charge in [0.05, 0.1) is 0 Å². The molecule has 4 atom stereocenters. The highest BCUT2D eigenvalue weighted by Crippen LogP contribution is 2.40. The Kier molecular flexibility index (Phi) is 3.68. The Labute approximate surface area is 112 Å². The molecule has 2 nitrogen and oxygen atoms in total. The van der Waals surface area contributed by atoms with Crippen molar-refractivity contribution in [2.75, 3.05) is 6.54 Å². The van der Waals surface area contributed by atoms with Gasteiger partial charge in [0.2, 0.25) is 0 Å². The van der Waals surface area contributed by atoms with Gasteiger partial charge in [-0.05, 0) is 56.4 Å². The van der Waals surface area contributed by atoms with E-state index in [-0.39, 0.29) is 0 Å². The first-order chi connectivity index (χ1) is 8.67. The summed E-state index contributed by atoms with van der Waals surface area (Å²) in [6.45, 7) is 6.16. The molecule has 2 heteroatoms. The smallest absolute Gasteiger partial charge is 0.0121 e. The molecule has 3 fully saturated rings. The summed E-state index contributed by atoms with van der Waals surface area (Å²) >= 11 is 0. The summed E-state index contributed by atoms with van der Waals surface area (Å²) < 4.78 is 0. The van der Waals surface area contributed by atoms with Gasteiger partial charge in [-0.1, -0.05) is 26.7 Å². The molecule has 0 aromatic rings. The van der Waals surface area contributed by atoms with Crippen molar-refractivity contribution in [3.8, 4) is 0 Å². The largest absolute Gasteiger partial charge is 0.314 e. The van der Waals surface area contributed by atoms with Crippen LogP contribution in [0.1, 0.15) is 65.2 Å². The summed E-state index contributed by atoms with van der Waals surface area (Å²) in [6, 6.07) is 2.38. The minimum Gasteiger partial charge on any atom is -0.314 e. The van der Waals surface area contributed by atoms with Crippen molar-refractivity contribution in [1.29, 1.82) is 0 Å². The van der Waals surface area contributed by atoms with Gasteiger partial charge >= 0.3 is 0 Å². The Bertz CT molecular complexity index is 281. The molecule has 1 heterocycles. The monoisotopic (exact) mass is 250 g/mol. The highest BCUT2D eigenvalue weighted by molar-refractivity contribution is 4.98. The van der Waals surface area contributed by atoms with Gasteiger partial charge < -0.3 is 10.6 Å². The lowest BCUT2D eigenvalue weighted by atomic mass is 9.85. The van der Waals surface area contributed by atoms with Crippen LogP contribution in [0.2, 0.25) is 0 Å². The number of hydrogen-bond acceptors (Lipinski definition) is 2. The van der Waals surface area contributed by atoms with Gasteiger partial charge in [-0.2, -0.15) is 0 Å². The topological polar surface area (TPSA) is 24.1 Å². The van der Waals surface area contributed by atoms with E-state index >= 15 is 0 Å². The third-order valence-electron chi connectivity index (χ3n) is 5.86. The Balaban J connectivity index is 1.61. The molecule has 0 spiro atoms. The zero-order valence-electron chi connectivity index (χ0n) is 12.2. The molecule has 2 aliphatic carbocycles. The van der Waals surface area contributed by atoms with Crippen LogP contribution < -0.4 is 10.6 Å². The van der Waals surface area contributed by atoms with E-state index in [0.29, 0.717) is 5.41 Å². The quantitative estimate of drug-likeness (QED) is 0.804. The van der Waals surface area contributed by atoms with Gasteiger partial charge in [-0.15, -0.1) is 0 Å². The first kappa shape index (κ1) is 12.9. The molecule has 0 aromatic heterocycles. The van der Waals surface area contributed by atoms with E-state index in [1.165, 1.54) is 57.9 Å². The standard InChI is InChI=1S/C16H30N2/c1-16(2)10-4-9-15(16)18-14-7-3-6-12(14)13-8-5-11-17-13/h12-15,17-18H,3-11H2,1-2H3. The Morgan fingerprint density at radius 3 is 2.56 bits per heavy atom. The van der Waals surface area contributed by atoms with E-state index in [2.05, 4.69) is 24.5 Å². The summed E-state index contributed by atoms with van der Waals surface area (Å²) in [4.78, 5) is 0. The van der Waals surface area contributed by atoms with Crippen molar-refractivity contribution in [3.63, 3.8) is 0 Å². The molecule has 0 bridgehead atoms. The molecule has 4 unspecified atom stereocenters. The summed E-state index contributed by atoms with van der Waals surface area (Å²) in [5, 5.41) is 7.79. The van der Waals surface area contributed by atoms with Crippen LogP contribution in [0.3, 0.4) is 0 Å². The lowest BCUT2D eigenvalue weighted by Crippen LogP contribution is -2.49. The van der Waals surface area contributed by atoms with Gasteiger partial charge in [0.15, 0.2) is 0 Å². The SMILES string of the molecule is CC1(C)CCCC1NC1CCCC1C1CCCN1. The second-order valence-electron chi connectivity index (χ2n) is 7.50. The Hall–Kier alpha value is -0.0800. The fraction of sp³-hybridized carbons (Fsp3) is 1.00. The molecule has 3 rings (SSSR count). The zero-order valence-corrected chi connectivity index (χ0v) is 12.2. The Morgan fingerprint density at radius 2 is 1.89 bits per heavy atom. The lowest BCUT2D eigenvalue weighted by molar-refractivity contribution is 0.225. The average molecular weight is 250 g/mol. The number of nitrogens with one attached hydrogen (secondary N) is 2. The molecule has 104 valence electrons. The van der Waals surface area contributed by atoms with Crippen LogP contribution in [0.5, 0.6) is 0 Å². The average Bonchev–Trinajstić information content (AvgIpc) is 3.01. The molecule has 3 aliphatic rings. The minimum absolute atomic E-state index is 0.524.